The Morgan fingerprint density at radius 2 is 1.73 bits per heavy atom. The van der Waals surface area contributed by atoms with Crippen molar-refractivity contribution in [2.75, 3.05) is 0 Å². The van der Waals surface area contributed by atoms with E-state index in [2.05, 4.69) is 13.1 Å². The van der Waals surface area contributed by atoms with Crippen molar-refractivity contribution in [3.63, 3.8) is 0 Å². The van der Waals surface area contributed by atoms with E-state index < -0.39 is 8.32 Å². The number of hydrogen-bond donors (Lipinski definition) is 0. The predicted molar refractivity (Wildman–Crippen MR) is 55.3 cm³/mol. The highest BCUT2D eigenvalue weighted by atomic mass is 28.4. The summed E-state index contributed by atoms with van der Waals surface area (Å²) in [6.45, 7) is 4.77. The minimum absolute atomic E-state index is 0.943. The van der Waals surface area contributed by atoms with Gasteiger partial charge in [0.1, 0.15) is 10.5 Å². The molecule has 3 heteroatoms. The van der Waals surface area contributed by atoms with Crippen LogP contribution in [-0.2, 0) is 4.12 Å². The first-order chi connectivity index (χ1) is 5.17. The van der Waals surface area contributed by atoms with Crippen LogP contribution in [0.3, 0.4) is 0 Å². The second kappa shape index (κ2) is 3.87. The van der Waals surface area contributed by atoms with Crippen LogP contribution in [0.25, 0.3) is 0 Å². The molecule has 1 nitrogen and oxygen atoms in total. The summed E-state index contributed by atoms with van der Waals surface area (Å²) in [5, 5.41) is 0. The van der Waals surface area contributed by atoms with Gasteiger partial charge >= 0.3 is 0 Å². The topological polar surface area (TPSA) is 9.23 Å². The van der Waals surface area contributed by atoms with E-state index in [4.69, 9.17) is 4.12 Å². The van der Waals surface area contributed by atoms with E-state index in [1.165, 1.54) is 32.1 Å². The zero-order valence-corrected chi connectivity index (χ0v) is 11.0. The van der Waals surface area contributed by atoms with Gasteiger partial charge in [-0.1, -0.05) is 32.1 Å². The molecule has 0 saturated heterocycles. The summed E-state index contributed by atoms with van der Waals surface area (Å²) in [5.41, 5.74) is 0.966. The Labute approximate surface area is 74.2 Å². The Hall–Kier alpha value is 0.394. The first-order valence-electron chi connectivity index (χ1n) is 4.72. The summed E-state index contributed by atoms with van der Waals surface area (Å²) < 4.78 is 5.75. The molecule has 0 atom stereocenters. The summed E-state index contributed by atoms with van der Waals surface area (Å²) >= 11 is 0. The fraction of sp³-hybridized carbons (Fsp3) is 1.00. The quantitative estimate of drug-likeness (QED) is 0.601. The van der Waals surface area contributed by atoms with Crippen molar-refractivity contribution in [2.45, 2.75) is 50.7 Å². The molecule has 1 aliphatic carbocycles. The highest BCUT2D eigenvalue weighted by molar-refractivity contribution is 6.75. The maximum Gasteiger partial charge on any atom is 0.175 e. The van der Waals surface area contributed by atoms with Crippen molar-refractivity contribution in [2.24, 2.45) is 0 Å². The monoisotopic (exact) mass is 188 g/mol. The highest BCUT2D eigenvalue weighted by Crippen LogP contribution is 2.36. The molecule has 0 bridgehead atoms. The van der Waals surface area contributed by atoms with Gasteiger partial charge < -0.3 is 4.12 Å². The van der Waals surface area contributed by atoms with Gasteiger partial charge in [-0.15, -0.1) is 0 Å². The van der Waals surface area contributed by atoms with Crippen molar-refractivity contribution < 1.29 is 4.12 Å². The third kappa shape index (κ3) is 2.42. The first-order valence-corrected chi connectivity index (χ1v) is 8.52. The molecule has 0 spiro atoms. The maximum absolute atomic E-state index is 5.75. The molecule has 0 aromatic rings. The summed E-state index contributed by atoms with van der Waals surface area (Å²) in [7, 11) is -0.272. The molecule has 0 aromatic carbocycles. The largest absolute Gasteiger partial charge is 0.463 e. The van der Waals surface area contributed by atoms with E-state index in [-0.39, 0.29) is 0 Å². The number of rotatable bonds is 2. The van der Waals surface area contributed by atoms with Gasteiger partial charge in [-0.2, -0.15) is 0 Å². The molecule has 0 aliphatic heterocycles. The Bertz CT molecular complexity index is 119. The Morgan fingerprint density at radius 1 is 1.18 bits per heavy atom. The average Bonchev–Trinajstić information content (AvgIpc) is 2.06. The molecule has 11 heavy (non-hydrogen) atoms. The molecule has 0 N–H and O–H groups in total. The standard InChI is InChI=1S/C8H20OSi2/c1-11(2,9-10)8-6-4-3-5-7-8/h8H,3-7H2,1-2,10H3. The summed E-state index contributed by atoms with van der Waals surface area (Å²) in [6.07, 6.45) is 7.25. The Balaban J connectivity index is 2.43. The third-order valence-electron chi connectivity index (χ3n) is 3.11. The Morgan fingerprint density at radius 3 is 2.18 bits per heavy atom. The van der Waals surface area contributed by atoms with Gasteiger partial charge in [0.25, 0.3) is 0 Å². The second-order valence-corrected chi connectivity index (χ2v) is 9.80. The van der Waals surface area contributed by atoms with Gasteiger partial charge in [0, 0.05) is 0 Å². The smallest absolute Gasteiger partial charge is 0.175 e. The van der Waals surface area contributed by atoms with Crippen molar-refractivity contribution in [1.82, 2.24) is 0 Å². The van der Waals surface area contributed by atoms with Crippen LogP contribution in [0.2, 0.25) is 18.6 Å². The lowest BCUT2D eigenvalue weighted by atomic mass is 10.0. The van der Waals surface area contributed by atoms with Crippen LogP contribution in [-0.4, -0.2) is 18.8 Å². The van der Waals surface area contributed by atoms with E-state index >= 15 is 0 Å². The van der Waals surface area contributed by atoms with Crippen molar-refractivity contribution in [3.8, 4) is 0 Å². The van der Waals surface area contributed by atoms with Crippen LogP contribution >= 0.6 is 0 Å². The maximum atomic E-state index is 5.75. The van der Waals surface area contributed by atoms with Gasteiger partial charge in [-0.05, 0) is 18.6 Å². The molecule has 0 heterocycles. The second-order valence-electron chi connectivity index (χ2n) is 4.14. The molecule has 0 aromatic heterocycles. The molecule has 1 rings (SSSR count). The summed E-state index contributed by atoms with van der Waals surface area (Å²) in [6, 6.07) is 0. The van der Waals surface area contributed by atoms with Gasteiger partial charge in [0.15, 0.2) is 8.32 Å². The van der Waals surface area contributed by atoms with Crippen LogP contribution in [0.1, 0.15) is 32.1 Å². The number of hydrogen-bond acceptors (Lipinski definition) is 1. The molecule has 66 valence electrons. The molecule has 1 saturated carbocycles. The van der Waals surface area contributed by atoms with E-state index in [1.807, 2.05) is 0 Å². The van der Waals surface area contributed by atoms with Crippen molar-refractivity contribution in [1.29, 1.82) is 0 Å². The first kappa shape index (κ1) is 9.48. The van der Waals surface area contributed by atoms with E-state index in [0.29, 0.717) is 0 Å². The zero-order chi connectivity index (χ0) is 8.32. The van der Waals surface area contributed by atoms with Crippen LogP contribution in [0.5, 0.6) is 0 Å². The fourth-order valence-electron chi connectivity index (χ4n) is 1.96. The lowest BCUT2D eigenvalue weighted by molar-refractivity contribution is 0.452. The molecule has 0 unspecified atom stereocenters. The SMILES string of the molecule is C[Si](C)(O[SiH3])C1CCCCC1. The Kier molecular flexibility index (Phi) is 3.34. The van der Waals surface area contributed by atoms with E-state index in [0.717, 1.165) is 16.0 Å². The van der Waals surface area contributed by atoms with Crippen LogP contribution in [0.4, 0.5) is 0 Å². The van der Waals surface area contributed by atoms with Crippen LogP contribution < -0.4 is 0 Å². The molecular formula is C8H20OSi2. The molecule has 0 radical (unpaired) electrons. The molecule has 1 aliphatic rings. The lowest BCUT2D eigenvalue weighted by Crippen LogP contribution is -2.36. The van der Waals surface area contributed by atoms with Crippen molar-refractivity contribution in [3.05, 3.63) is 0 Å². The lowest BCUT2D eigenvalue weighted by Gasteiger charge is -2.34. The van der Waals surface area contributed by atoms with Gasteiger partial charge in [-0.3, -0.25) is 0 Å². The van der Waals surface area contributed by atoms with Gasteiger partial charge in [0.05, 0.1) is 0 Å². The minimum Gasteiger partial charge on any atom is -0.463 e. The predicted octanol–water partition coefficient (Wildman–Crippen LogP) is 1.82. The molecule has 1 fully saturated rings. The normalized spacial score (nSPS) is 22.4. The third-order valence-corrected chi connectivity index (χ3v) is 9.87. The molecular weight excluding hydrogens is 168 g/mol. The highest BCUT2D eigenvalue weighted by Gasteiger charge is 2.32. The van der Waals surface area contributed by atoms with Gasteiger partial charge in [0.2, 0.25) is 0 Å². The summed E-state index contributed by atoms with van der Waals surface area (Å²) in [4.78, 5) is 0. The van der Waals surface area contributed by atoms with Crippen LogP contribution in [0, 0.1) is 0 Å². The van der Waals surface area contributed by atoms with Crippen molar-refractivity contribution >= 4 is 18.8 Å². The van der Waals surface area contributed by atoms with E-state index in [1.54, 1.807) is 0 Å². The minimum atomic E-state index is -1.21. The van der Waals surface area contributed by atoms with Gasteiger partial charge in [-0.25, -0.2) is 0 Å². The average molecular weight is 188 g/mol. The molecule has 0 amide bonds. The zero-order valence-electron chi connectivity index (χ0n) is 8.02. The summed E-state index contributed by atoms with van der Waals surface area (Å²) in [5.74, 6) is 0. The van der Waals surface area contributed by atoms with E-state index in [9.17, 15) is 0 Å². The van der Waals surface area contributed by atoms with Crippen LogP contribution in [0.15, 0.2) is 0 Å². The fourth-order valence-corrected chi connectivity index (χ4v) is 5.10.